The van der Waals surface area contributed by atoms with Gasteiger partial charge in [0.05, 0.1) is 5.56 Å². The quantitative estimate of drug-likeness (QED) is 0.841. The van der Waals surface area contributed by atoms with Crippen LogP contribution in [-0.2, 0) is 11.0 Å². The maximum atomic E-state index is 12.8. The summed E-state index contributed by atoms with van der Waals surface area (Å²) < 4.78 is 38.3. The maximum absolute atomic E-state index is 12.8. The van der Waals surface area contributed by atoms with E-state index >= 15 is 0 Å². The molecule has 112 valence electrons. The third-order valence-electron chi connectivity index (χ3n) is 2.67. The first-order valence-corrected chi connectivity index (χ1v) is 7.43. The van der Waals surface area contributed by atoms with Crippen molar-refractivity contribution in [2.45, 2.75) is 12.2 Å². The van der Waals surface area contributed by atoms with Gasteiger partial charge in [0, 0.05) is 15.0 Å². The summed E-state index contributed by atoms with van der Waals surface area (Å²) in [6.45, 7) is 0. The van der Waals surface area contributed by atoms with Crippen molar-refractivity contribution >= 4 is 38.9 Å². The standard InChI is InChI=1S/C13H10BrF3N2OS/c14-9-4-3-7(6-8(9)13(15,16)17)19-12(20)11(18)10-2-1-5-21-10/h1-6,11H,18H2,(H,19,20). The van der Waals surface area contributed by atoms with E-state index in [0.717, 1.165) is 6.07 Å². The fourth-order valence-electron chi connectivity index (χ4n) is 1.64. The Kier molecular flexibility index (Phi) is 4.70. The van der Waals surface area contributed by atoms with E-state index < -0.39 is 23.7 Å². The molecule has 2 aromatic rings. The van der Waals surface area contributed by atoms with Crippen LogP contribution in [0.4, 0.5) is 18.9 Å². The Balaban J connectivity index is 2.18. The summed E-state index contributed by atoms with van der Waals surface area (Å²) in [6.07, 6.45) is -4.50. The molecule has 0 aliphatic rings. The van der Waals surface area contributed by atoms with Gasteiger partial charge in [0.15, 0.2) is 0 Å². The fraction of sp³-hybridized carbons (Fsp3) is 0.154. The molecular formula is C13H10BrF3N2OS. The highest BCUT2D eigenvalue weighted by molar-refractivity contribution is 9.10. The lowest BCUT2D eigenvalue weighted by atomic mass is 10.1. The predicted octanol–water partition coefficient (Wildman–Crippen LogP) is 4.17. The number of benzene rings is 1. The van der Waals surface area contributed by atoms with E-state index in [1.165, 1.54) is 23.5 Å². The smallest absolute Gasteiger partial charge is 0.324 e. The molecule has 0 bridgehead atoms. The Labute approximate surface area is 131 Å². The Bertz CT molecular complexity index is 643. The zero-order valence-electron chi connectivity index (χ0n) is 10.4. The Morgan fingerprint density at radius 3 is 2.62 bits per heavy atom. The topological polar surface area (TPSA) is 55.1 Å². The van der Waals surface area contributed by atoms with Gasteiger partial charge in [-0.25, -0.2) is 0 Å². The Hall–Kier alpha value is -1.38. The molecule has 0 spiro atoms. The lowest BCUT2D eigenvalue weighted by Crippen LogP contribution is -2.27. The van der Waals surface area contributed by atoms with E-state index in [0.29, 0.717) is 4.88 Å². The molecule has 1 aromatic carbocycles. The van der Waals surface area contributed by atoms with Crippen molar-refractivity contribution in [2.24, 2.45) is 5.73 Å². The van der Waals surface area contributed by atoms with Gasteiger partial charge < -0.3 is 11.1 Å². The van der Waals surface area contributed by atoms with Crippen LogP contribution < -0.4 is 11.1 Å². The van der Waals surface area contributed by atoms with E-state index in [-0.39, 0.29) is 10.2 Å². The van der Waals surface area contributed by atoms with E-state index in [1.807, 2.05) is 0 Å². The molecule has 0 saturated heterocycles. The monoisotopic (exact) mass is 378 g/mol. The molecule has 1 amide bonds. The van der Waals surface area contributed by atoms with Crippen molar-refractivity contribution in [1.29, 1.82) is 0 Å². The average Bonchev–Trinajstić information content (AvgIpc) is 2.92. The molecule has 0 aliphatic carbocycles. The number of anilines is 1. The van der Waals surface area contributed by atoms with Crippen LogP contribution >= 0.6 is 27.3 Å². The molecule has 1 aromatic heterocycles. The number of nitrogens with one attached hydrogen (secondary N) is 1. The van der Waals surface area contributed by atoms with Crippen LogP contribution in [0.3, 0.4) is 0 Å². The number of thiophene rings is 1. The Morgan fingerprint density at radius 1 is 1.33 bits per heavy atom. The number of hydrogen-bond acceptors (Lipinski definition) is 3. The first kappa shape index (κ1) is 16.0. The SMILES string of the molecule is NC(C(=O)Nc1ccc(Br)c(C(F)(F)F)c1)c1cccs1. The van der Waals surface area contributed by atoms with Gasteiger partial charge in [-0.1, -0.05) is 22.0 Å². The van der Waals surface area contributed by atoms with E-state index in [1.54, 1.807) is 17.5 Å². The van der Waals surface area contributed by atoms with Crippen molar-refractivity contribution in [3.63, 3.8) is 0 Å². The lowest BCUT2D eigenvalue weighted by molar-refractivity contribution is -0.138. The highest BCUT2D eigenvalue weighted by Crippen LogP contribution is 2.36. The fourth-order valence-corrected chi connectivity index (χ4v) is 2.83. The minimum atomic E-state index is -4.50. The van der Waals surface area contributed by atoms with Gasteiger partial charge in [-0.05, 0) is 29.6 Å². The summed E-state index contributed by atoms with van der Waals surface area (Å²) in [4.78, 5) is 12.6. The number of hydrogen-bond donors (Lipinski definition) is 2. The molecule has 0 fully saturated rings. The molecule has 21 heavy (non-hydrogen) atoms. The lowest BCUT2D eigenvalue weighted by Gasteiger charge is -2.14. The van der Waals surface area contributed by atoms with Crippen LogP contribution in [0.1, 0.15) is 16.5 Å². The summed E-state index contributed by atoms with van der Waals surface area (Å²) in [5.74, 6) is -0.562. The third kappa shape index (κ3) is 3.84. The normalized spacial score (nSPS) is 13.0. The molecule has 3 nitrogen and oxygen atoms in total. The van der Waals surface area contributed by atoms with Gasteiger partial charge in [-0.15, -0.1) is 11.3 Å². The van der Waals surface area contributed by atoms with Gasteiger partial charge in [-0.2, -0.15) is 13.2 Å². The van der Waals surface area contributed by atoms with E-state index in [4.69, 9.17) is 5.73 Å². The van der Waals surface area contributed by atoms with Crippen molar-refractivity contribution in [2.75, 3.05) is 5.32 Å². The second-order valence-corrected chi connectivity index (χ2v) is 6.01. The number of carbonyl (C=O) groups is 1. The molecule has 0 aliphatic heterocycles. The number of halogens is 4. The highest BCUT2D eigenvalue weighted by Gasteiger charge is 2.33. The van der Waals surface area contributed by atoms with Crippen LogP contribution in [0, 0.1) is 0 Å². The maximum Gasteiger partial charge on any atom is 0.417 e. The zero-order chi connectivity index (χ0) is 15.6. The first-order chi connectivity index (χ1) is 9.79. The van der Waals surface area contributed by atoms with E-state index in [9.17, 15) is 18.0 Å². The summed E-state index contributed by atoms with van der Waals surface area (Å²) in [7, 11) is 0. The van der Waals surface area contributed by atoms with Crippen molar-refractivity contribution in [3.8, 4) is 0 Å². The number of amides is 1. The van der Waals surface area contributed by atoms with E-state index in [2.05, 4.69) is 21.2 Å². The molecule has 0 saturated carbocycles. The minimum absolute atomic E-state index is 0.0440. The van der Waals surface area contributed by atoms with Crippen molar-refractivity contribution in [3.05, 3.63) is 50.6 Å². The zero-order valence-corrected chi connectivity index (χ0v) is 12.8. The second-order valence-electron chi connectivity index (χ2n) is 4.17. The van der Waals surface area contributed by atoms with Gasteiger partial charge >= 0.3 is 6.18 Å². The largest absolute Gasteiger partial charge is 0.417 e. The van der Waals surface area contributed by atoms with Crippen molar-refractivity contribution < 1.29 is 18.0 Å². The number of rotatable bonds is 3. The van der Waals surface area contributed by atoms with Crippen LogP contribution in [-0.4, -0.2) is 5.91 Å². The molecule has 3 N–H and O–H groups in total. The minimum Gasteiger partial charge on any atom is -0.324 e. The third-order valence-corrected chi connectivity index (χ3v) is 4.32. The summed E-state index contributed by atoms with van der Waals surface area (Å²) in [6, 6.07) is 5.99. The second kappa shape index (κ2) is 6.17. The molecule has 1 unspecified atom stereocenters. The molecule has 2 rings (SSSR count). The Morgan fingerprint density at radius 2 is 2.05 bits per heavy atom. The summed E-state index contributed by atoms with van der Waals surface area (Å²) in [5, 5.41) is 4.16. The van der Waals surface area contributed by atoms with Gasteiger partial charge in [0.2, 0.25) is 5.91 Å². The first-order valence-electron chi connectivity index (χ1n) is 5.75. The van der Waals surface area contributed by atoms with Crippen LogP contribution in [0.25, 0.3) is 0 Å². The molecular weight excluding hydrogens is 369 g/mol. The molecule has 1 atom stereocenters. The summed E-state index contributed by atoms with van der Waals surface area (Å²) >= 11 is 4.14. The van der Waals surface area contributed by atoms with Crippen LogP contribution in [0.15, 0.2) is 40.2 Å². The van der Waals surface area contributed by atoms with Crippen LogP contribution in [0.2, 0.25) is 0 Å². The van der Waals surface area contributed by atoms with Gasteiger partial charge in [0.25, 0.3) is 0 Å². The predicted molar refractivity (Wildman–Crippen MR) is 79.0 cm³/mol. The van der Waals surface area contributed by atoms with Crippen LogP contribution in [0.5, 0.6) is 0 Å². The van der Waals surface area contributed by atoms with Crippen molar-refractivity contribution in [1.82, 2.24) is 0 Å². The highest BCUT2D eigenvalue weighted by atomic mass is 79.9. The van der Waals surface area contributed by atoms with Gasteiger partial charge in [-0.3, -0.25) is 4.79 Å². The number of alkyl halides is 3. The summed E-state index contributed by atoms with van der Waals surface area (Å²) in [5.41, 5.74) is 4.94. The van der Waals surface area contributed by atoms with Gasteiger partial charge in [0.1, 0.15) is 6.04 Å². The number of carbonyl (C=O) groups excluding carboxylic acids is 1. The molecule has 0 radical (unpaired) electrons. The molecule has 1 heterocycles. The molecule has 8 heteroatoms. The average molecular weight is 379 g/mol. The number of nitrogens with two attached hydrogens (primary N) is 1.